The summed E-state index contributed by atoms with van der Waals surface area (Å²) in [6, 6.07) is 0. The molecule has 1 aliphatic rings. The first-order valence-corrected chi connectivity index (χ1v) is 4.34. The van der Waals surface area contributed by atoms with Gasteiger partial charge in [0.15, 0.2) is 0 Å². The zero-order chi connectivity index (χ0) is 8.65. The van der Waals surface area contributed by atoms with Crippen LogP contribution in [-0.2, 0) is 0 Å². The van der Waals surface area contributed by atoms with Crippen LogP contribution in [-0.4, -0.2) is 21.9 Å². The predicted molar refractivity (Wildman–Crippen MR) is 44.2 cm³/mol. The van der Waals surface area contributed by atoms with Gasteiger partial charge in [-0.05, 0) is 31.6 Å². The van der Waals surface area contributed by atoms with Crippen molar-refractivity contribution in [3.8, 4) is 0 Å². The Morgan fingerprint density at radius 1 is 1.55 bits per heavy atom. The quantitative estimate of drug-likeness (QED) is 0.647. The highest BCUT2D eigenvalue weighted by atomic mass is 16.3. The van der Waals surface area contributed by atoms with Gasteiger partial charge in [0.25, 0.3) is 0 Å². The molecule has 0 bridgehead atoms. The van der Waals surface area contributed by atoms with E-state index in [2.05, 4.69) is 0 Å². The molecule has 0 aromatic carbocycles. The van der Waals surface area contributed by atoms with Gasteiger partial charge < -0.3 is 10.2 Å². The van der Waals surface area contributed by atoms with Crippen LogP contribution >= 0.6 is 0 Å². The molecule has 0 aromatic heterocycles. The van der Waals surface area contributed by atoms with E-state index >= 15 is 0 Å². The monoisotopic (exact) mass is 158 g/mol. The van der Waals surface area contributed by atoms with E-state index in [4.69, 9.17) is 0 Å². The van der Waals surface area contributed by atoms with Crippen LogP contribution in [0.15, 0.2) is 0 Å². The summed E-state index contributed by atoms with van der Waals surface area (Å²) in [7, 11) is 0. The van der Waals surface area contributed by atoms with E-state index in [0.717, 1.165) is 12.8 Å². The van der Waals surface area contributed by atoms with Gasteiger partial charge in [-0.1, -0.05) is 13.8 Å². The normalized spacial score (nSPS) is 39.3. The number of rotatable bonds is 3. The fraction of sp³-hybridized carbons (Fsp3) is 1.00. The summed E-state index contributed by atoms with van der Waals surface area (Å²) < 4.78 is 0. The third-order valence-corrected chi connectivity index (χ3v) is 2.67. The van der Waals surface area contributed by atoms with Crippen molar-refractivity contribution in [3.05, 3.63) is 0 Å². The first-order chi connectivity index (χ1) is 4.93. The van der Waals surface area contributed by atoms with Gasteiger partial charge in [0.1, 0.15) is 0 Å². The van der Waals surface area contributed by atoms with E-state index in [-0.39, 0.29) is 6.10 Å². The van der Waals surface area contributed by atoms with Crippen LogP contribution in [0.4, 0.5) is 0 Å². The highest BCUT2D eigenvalue weighted by molar-refractivity contribution is 5.00. The molecule has 2 N–H and O–H groups in total. The van der Waals surface area contributed by atoms with Crippen LogP contribution < -0.4 is 0 Å². The van der Waals surface area contributed by atoms with Gasteiger partial charge in [-0.15, -0.1) is 0 Å². The van der Waals surface area contributed by atoms with Crippen molar-refractivity contribution in [2.75, 3.05) is 0 Å². The lowest BCUT2D eigenvalue weighted by Crippen LogP contribution is -2.17. The van der Waals surface area contributed by atoms with E-state index in [1.54, 1.807) is 0 Å². The van der Waals surface area contributed by atoms with Crippen molar-refractivity contribution in [2.24, 2.45) is 11.8 Å². The summed E-state index contributed by atoms with van der Waals surface area (Å²) in [4.78, 5) is 0. The molecule has 2 nitrogen and oxygen atoms in total. The van der Waals surface area contributed by atoms with Crippen LogP contribution in [0.2, 0.25) is 0 Å². The summed E-state index contributed by atoms with van der Waals surface area (Å²) in [5.41, 5.74) is -0.476. The van der Waals surface area contributed by atoms with Crippen LogP contribution in [0.1, 0.15) is 33.6 Å². The van der Waals surface area contributed by atoms with E-state index in [0.29, 0.717) is 11.8 Å². The van der Waals surface area contributed by atoms with Gasteiger partial charge in [-0.3, -0.25) is 0 Å². The molecular weight excluding hydrogens is 140 g/mol. The minimum atomic E-state index is -0.476. The molecule has 66 valence electrons. The van der Waals surface area contributed by atoms with Crippen LogP contribution in [0, 0.1) is 11.8 Å². The second-order valence-electron chi connectivity index (χ2n) is 4.31. The molecular formula is C9H18O2. The smallest absolute Gasteiger partial charge is 0.0653 e. The fourth-order valence-electron chi connectivity index (χ4n) is 1.34. The zero-order valence-electron chi connectivity index (χ0n) is 7.54. The maximum absolute atomic E-state index is 9.46. The molecule has 0 radical (unpaired) electrons. The molecule has 2 heteroatoms. The molecule has 0 spiro atoms. The van der Waals surface area contributed by atoms with Gasteiger partial charge in [0.05, 0.1) is 11.7 Å². The van der Waals surface area contributed by atoms with E-state index in [1.807, 2.05) is 20.8 Å². The zero-order valence-corrected chi connectivity index (χ0v) is 7.54. The predicted octanol–water partition coefficient (Wildman–Crippen LogP) is 1.16. The van der Waals surface area contributed by atoms with Gasteiger partial charge in [-0.25, -0.2) is 0 Å². The molecule has 0 aliphatic heterocycles. The third-order valence-electron chi connectivity index (χ3n) is 2.67. The number of aliphatic hydroxyl groups excluding tert-OH is 1. The SMILES string of the molecule is CC(C)[C@@H](O)C[C@H]1C[C@@]1(C)O. The average molecular weight is 158 g/mol. The minimum absolute atomic E-state index is 0.242. The van der Waals surface area contributed by atoms with Crippen LogP contribution in [0.3, 0.4) is 0 Å². The first kappa shape index (κ1) is 9.01. The fourth-order valence-corrected chi connectivity index (χ4v) is 1.34. The van der Waals surface area contributed by atoms with Gasteiger partial charge in [-0.2, -0.15) is 0 Å². The van der Waals surface area contributed by atoms with Crippen molar-refractivity contribution in [3.63, 3.8) is 0 Å². The lowest BCUT2D eigenvalue weighted by Gasteiger charge is -2.14. The second kappa shape index (κ2) is 2.76. The highest BCUT2D eigenvalue weighted by Gasteiger charge is 2.48. The van der Waals surface area contributed by atoms with Crippen molar-refractivity contribution in [1.29, 1.82) is 0 Å². The van der Waals surface area contributed by atoms with Crippen molar-refractivity contribution < 1.29 is 10.2 Å². The topological polar surface area (TPSA) is 40.5 Å². The van der Waals surface area contributed by atoms with Crippen molar-refractivity contribution >= 4 is 0 Å². The molecule has 1 saturated carbocycles. The molecule has 0 saturated heterocycles. The van der Waals surface area contributed by atoms with Gasteiger partial charge in [0.2, 0.25) is 0 Å². The Morgan fingerprint density at radius 3 is 2.27 bits per heavy atom. The van der Waals surface area contributed by atoms with Crippen LogP contribution in [0.5, 0.6) is 0 Å². The first-order valence-electron chi connectivity index (χ1n) is 4.34. The summed E-state index contributed by atoms with van der Waals surface area (Å²) in [6.45, 7) is 5.84. The van der Waals surface area contributed by atoms with Crippen molar-refractivity contribution in [2.45, 2.75) is 45.3 Å². The number of hydrogen-bond acceptors (Lipinski definition) is 2. The molecule has 11 heavy (non-hydrogen) atoms. The molecule has 1 aliphatic carbocycles. The average Bonchev–Trinajstić information content (AvgIpc) is 2.39. The van der Waals surface area contributed by atoms with E-state index in [1.165, 1.54) is 0 Å². The second-order valence-corrected chi connectivity index (χ2v) is 4.31. The Hall–Kier alpha value is -0.0800. The molecule has 0 aromatic rings. The van der Waals surface area contributed by atoms with E-state index < -0.39 is 5.60 Å². The largest absolute Gasteiger partial charge is 0.393 e. The molecule has 0 heterocycles. The number of aliphatic hydroxyl groups is 2. The Bertz CT molecular complexity index is 140. The lowest BCUT2D eigenvalue weighted by molar-refractivity contribution is 0.0861. The summed E-state index contributed by atoms with van der Waals surface area (Å²) in [5, 5.41) is 18.9. The maximum atomic E-state index is 9.46. The standard InChI is InChI=1S/C9H18O2/c1-6(2)8(10)4-7-5-9(7,3)11/h6-8,10-11H,4-5H2,1-3H3/t7-,8-,9+/m0/s1. The van der Waals surface area contributed by atoms with Gasteiger partial charge in [0, 0.05) is 0 Å². The Kier molecular flexibility index (Phi) is 2.26. The van der Waals surface area contributed by atoms with Crippen molar-refractivity contribution in [1.82, 2.24) is 0 Å². The molecule has 0 unspecified atom stereocenters. The summed E-state index contributed by atoms with van der Waals surface area (Å²) in [6.07, 6.45) is 1.37. The third kappa shape index (κ3) is 2.17. The summed E-state index contributed by atoms with van der Waals surface area (Å²) >= 11 is 0. The molecule has 3 atom stereocenters. The minimum Gasteiger partial charge on any atom is -0.393 e. The lowest BCUT2D eigenvalue weighted by atomic mass is 10.0. The Morgan fingerprint density at radius 2 is 2.00 bits per heavy atom. The van der Waals surface area contributed by atoms with E-state index in [9.17, 15) is 10.2 Å². The summed E-state index contributed by atoms with van der Waals surface area (Å²) in [5.74, 6) is 0.645. The molecule has 1 fully saturated rings. The molecule has 0 amide bonds. The van der Waals surface area contributed by atoms with Crippen LogP contribution in [0.25, 0.3) is 0 Å². The highest BCUT2D eigenvalue weighted by Crippen LogP contribution is 2.46. The molecule has 1 rings (SSSR count). The maximum Gasteiger partial charge on any atom is 0.0653 e. The van der Waals surface area contributed by atoms with Gasteiger partial charge >= 0.3 is 0 Å². The number of hydrogen-bond donors (Lipinski definition) is 2. The Balaban J connectivity index is 2.23. The Labute approximate surface area is 68.2 Å².